The molecule has 2 aromatic rings. The van der Waals surface area contributed by atoms with Gasteiger partial charge in [0.2, 0.25) is 5.82 Å². The van der Waals surface area contributed by atoms with Crippen LogP contribution in [0.25, 0.3) is 0 Å². The molecule has 0 radical (unpaired) electrons. The van der Waals surface area contributed by atoms with Crippen molar-refractivity contribution in [2.24, 2.45) is 5.92 Å². The largest absolute Gasteiger partial charge is 0.490 e. The maximum absolute atomic E-state index is 14.7. The number of benzene rings is 2. The predicted molar refractivity (Wildman–Crippen MR) is 125 cm³/mol. The number of aliphatic hydroxyl groups is 1. The van der Waals surface area contributed by atoms with Crippen LogP contribution in [0, 0.1) is 23.4 Å². The van der Waals surface area contributed by atoms with Crippen molar-refractivity contribution >= 4 is 0 Å². The number of ether oxygens (including phenoxy) is 2. The molecular weight excluding hydrogens is 441 g/mol. The minimum absolute atomic E-state index is 0.0462. The minimum atomic E-state index is -0.925. The zero-order valence-corrected chi connectivity index (χ0v) is 19.9. The van der Waals surface area contributed by atoms with Gasteiger partial charge < -0.3 is 14.6 Å². The Bertz CT molecular complexity index is 948. The first-order valence-corrected chi connectivity index (χ1v) is 12.6. The normalized spacial score (nSPS) is 25.3. The molecule has 0 saturated heterocycles. The van der Waals surface area contributed by atoms with Crippen molar-refractivity contribution in [3.63, 3.8) is 0 Å². The summed E-state index contributed by atoms with van der Waals surface area (Å²) in [6.07, 6.45) is 5.64. The van der Waals surface area contributed by atoms with E-state index in [1.54, 1.807) is 12.1 Å². The van der Waals surface area contributed by atoms with Crippen molar-refractivity contribution in [3.05, 3.63) is 64.5 Å². The first-order chi connectivity index (χ1) is 16.5. The summed E-state index contributed by atoms with van der Waals surface area (Å²) in [5.41, 5.74) is 1.97. The van der Waals surface area contributed by atoms with Crippen LogP contribution in [0.1, 0.15) is 86.8 Å². The van der Waals surface area contributed by atoms with Crippen molar-refractivity contribution in [2.75, 3.05) is 13.2 Å². The van der Waals surface area contributed by atoms with Gasteiger partial charge in [-0.1, -0.05) is 18.2 Å². The van der Waals surface area contributed by atoms with E-state index < -0.39 is 11.6 Å². The average molecular weight is 477 g/mol. The summed E-state index contributed by atoms with van der Waals surface area (Å²) in [5.74, 6) is -1.64. The van der Waals surface area contributed by atoms with Crippen LogP contribution in [0.3, 0.4) is 0 Å². The Morgan fingerprint density at radius 3 is 2.15 bits per heavy atom. The second kappa shape index (κ2) is 11.6. The second-order valence-corrected chi connectivity index (χ2v) is 9.81. The van der Waals surface area contributed by atoms with E-state index in [1.165, 1.54) is 6.07 Å². The number of hydrogen-bond acceptors (Lipinski definition) is 3. The van der Waals surface area contributed by atoms with Gasteiger partial charge in [0, 0.05) is 6.61 Å². The molecule has 2 saturated carbocycles. The van der Waals surface area contributed by atoms with E-state index in [4.69, 9.17) is 9.47 Å². The summed E-state index contributed by atoms with van der Waals surface area (Å²) in [5, 5.41) is 9.66. The molecule has 0 bridgehead atoms. The highest BCUT2D eigenvalue weighted by molar-refractivity contribution is 5.33. The van der Waals surface area contributed by atoms with Crippen LogP contribution in [0.5, 0.6) is 5.75 Å². The van der Waals surface area contributed by atoms with Gasteiger partial charge >= 0.3 is 0 Å². The summed E-state index contributed by atoms with van der Waals surface area (Å²) < 4.78 is 55.1. The lowest BCUT2D eigenvalue weighted by Crippen LogP contribution is -2.20. The third kappa shape index (κ3) is 5.95. The van der Waals surface area contributed by atoms with Crippen LogP contribution < -0.4 is 4.74 Å². The quantitative estimate of drug-likeness (QED) is 0.445. The number of rotatable bonds is 8. The smallest absolute Gasteiger partial charge is 0.200 e. The Kier molecular flexibility index (Phi) is 8.54. The lowest BCUT2D eigenvalue weighted by atomic mass is 9.78. The molecule has 0 amide bonds. The van der Waals surface area contributed by atoms with E-state index in [9.17, 15) is 18.3 Å². The molecular formula is C28H35F3O3. The summed E-state index contributed by atoms with van der Waals surface area (Å²) in [4.78, 5) is 0. The highest BCUT2D eigenvalue weighted by Gasteiger charge is 2.27. The fraction of sp³-hybridized carbons (Fsp3) is 0.571. The summed E-state index contributed by atoms with van der Waals surface area (Å²) in [7, 11) is 0. The van der Waals surface area contributed by atoms with Gasteiger partial charge in [-0.05, 0) is 105 Å². The molecule has 4 rings (SSSR count). The Morgan fingerprint density at radius 1 is 0.824 bits per heavy atom. The van der Waals surface area contributed by atoms with Gasteiger partial charge in [0.25, 0.3) is 0 Å². The van der Waals surface area contributed by atoms with Gasteiger partial charge in [-0.3, -0.25) is 0 Å². The number of hydrogen-bond donors (Lipinski definition) is 1. The Labute approximate surface area is 200 Å². The molecule has 0 unspecified atom stereocenters. The van der Waals surface area contributed by atoms with Gasteiger partial charge in [0.1, 0.15) is 5.82 Å². The first-order valence-electron chi connectivity index (χ1n) is 12.6. The molecule has 34 heavy (non-hydrogen) atoms. The number of halogens is 3. The van der Waals surface area contributed by atoms with E-state index in [1.807, 2.05) is 19.1 Å². The topological polar surface area (TPSA) is 38.7 Å². The maximum atomic E-state index is 14.7. The van der Waals surface area contributed by atoms with Crippen LogP contribution in [-0.2, 0) is 11.3 Å². The van der Waals surface area contributed by atoms with Crippen LogP contribution in [-0.4, -0.2) is 24.4 Å². The third-order valence-corrected chi connectivity index (χ3v) is 7.51. The van der Waals surface area contributed by atoms with E-state index >= 15 is 0 Å². The van der Waals surface area contributed by atoms with Crippen molar-refractivity contribution in [1.82, 2.24) is 0 Å². The van der Waals surface area contributed by atoms with Crippen LogP contribution in [0.4, 0.5) is 13.2 Å². The van der Waals surface area contributed by atoms with Crippen molar-refractivity contribution in [2.45, 2.75) is 82.8 Å². The van der Waals surface area contributed by atoms with Crippen LogP contribution in [0.15, 0.2) is 30.3 Å². The molecule has 0 heterocycles. The molecule has 1 N–H and O–H groups in total. The molecule has 2 aliphatic rings. The Morgan fingerprint density at radius 2 is 1.47 bits per heavy atom. The molecule has 3 nitrogen and oxygen atoms in total. The van der Waals surface area contributed by atoms with Crippen molar-refractivity contribution in [1.29, 1.82) is 0 Å². The molecule has 2 aromatic carbocycles. The van der Waals surface area contributed by atoms with E-state index in [2.05, 4.69) is 0 Å². The van der Waals surface area contributed by atoms with Crippen LogP contribution in [0.2, 0.25) is 0 Å². The fourth-order valence-corrected chi connectivity index (χ4v) is 5.42. The van der Waals surface area contributed by atoms with Crippen molar-refractivity contribution < 1.29 is 27.8 Å². The summed E-state index contributed by atoms with van der Waals surface area (Å²) in [6.45, 7) is 3.26. The number of aliphatic hydroxyl groups excluding tert-OH is 1. The lowest BCUT2D eigenvalue weighted by Gasteiger charge is -2.29. The Hall–Kier alpha value is -2.05. The molecule has 0 aromatic heterocycles. The molecule has 0 atom stereocenters. The fourth-order valence-electron chi connectivity index (χ4n) is 5.42. The Balaban J connectivity index is 1.29. The van der Waals surface area contributed by atoms with E-state index in [0.717, 1.165) is 36.8 Å². The predicted octanol–water partition coefficient (Wildman–Crippen LogP) is 7.01. The molecule has 6 heteroatoms. The molecule has 2 aliphatic carbocycles. The molecule has 2 fully saturated rings. The van der Waals surface area contributed by atoms with E-state index in [-0.39, 0.29) is 35.4 Å². The van der Waals surface area contributed by atoms with Gasteiger partial charge in [-0.15, -0.1) is 0 Å². The van der Waals surface area contributed by atoms with Gasteiger partial charge in [-0.2, -0.15) is 4.39 Å². The SMILES string of the molecule is CCOCc1ccc(C2CCC(COc3ccc(C4CCC(O)CC4)c(F)c3F)CC2)c(F)c1. The lowest BCUT2D eigenvalue weighted by molar-refractivity contribution is 0.121. The van der Waals surface area contributed by atoms with Gasteiger partial charge in [-0.25, -0.2) is 8.78 Å². The third-order valence-electron chi connectivity index (χ3n) is 7.51. The first kappa shape index (κ1) is 25.1. The summed E-state index contributed by atoms with van der Waals surface area (Å²) in [6, 6.07) is 8.53. The van der Waals surface area contributed by atoms with Gasteiger partial charge in [0.15, 0.2) is 11.6 Å². The maximum Gasteiger partial charge on any atom is 0.200 e. The van der Waals surface area contributed by atoms with Crippen molar-refractivity contribution in [3.8, 4) is 5.75 Å². The van der Waals surface area contributed by atoms with E-state index in [0.29, 0.717) is 51.1 Å². The average Bonchev–Trinajstić information content (AvgIpc) is 2.85. The highest BCUT2D eigenvalue weighted by Crippen LogP contribution is 2.39. The van der Waals surface area contributed by atoms with Gasteiger partial charge in [0.05, 0.1) is 19.3 Å². The zero-order valence-electron chi connectivity index (χ0n) is 19.9. The zero-order chi connectivity index (χ0) is 24.1. The highest BCUT2D eigenvalue weighted by atomic mass is 19.2. The minimum Gasteiger partial charge on any atom is -0.490 e. The van der Waals surface area contributed by atoms with Crippen LogP contribution >= 0.6 is 0 Å². The monoisotopic (exact) mass is 476 g/mol. The molecule has 0 aliphatic heterocycles. The molecule has 186 valence electrons. The standard InChI is InChI=1S/C28H35F3O3/c1-2-33-16-19-5-12-23(25(29)15-19)20-6-3-18(4-7-20)17-34-26-14-13-24(27(30)28(26)31)21-8-10-22(32)11-9-21/h5,12-15,18,20-22,32H,2-4,6-11,16-17H2,1H3. The summed E-state index contributed by atoms with van der Waals surface area (Å²) >= 11 is 0. The molecule has 0 spiro atoms. The second-order valence-electron chi connectivity index (χ2n) is 9.81.